The van der Waals surface area contributed by atoms with E-state index in [-0.39, 0.29) is 11.0 Å². The van der Waals surface area contributed by atoms with Crippen LogP contribution in [0.3, 0.4) is 0 Å². The van der Waals surface area contributed by atoms with Gasteiger partial charge in [0.2, 0.25) is 5.95 Å². The molecule has 1 N–H and O–H groups in total. The first kappa shape index (κ1) is 36.8. The summed E-state index contributed by atoms with van der Waals surface area (Å²) in [7, 11) is 0.187. The van der Waals surface area contributed by atoms with Crippen LogP contribution >= 0.6 is 11.6 Å². The van der Waals surface area contributed by atoms with E-state index in [1.165, 1.54) is 17.5 Å². The molecule has 0 unspecified atom stereocenters. The first-order valence-electron chi connectivity index (χ1n) is 16.9. The van der Waals surface area contributed by atoms with Gasteiger partial charge in [0, 0.05) is 24.5 Å². The number of nitrogens with one attached hydrogen (secondary N) is 1. The van der Waals surface area contributed by atoms with E-state index in [2.05, 4.69) is 91.4 Å². The number of carbonyl (C=O) groups is 1. The van der Waals surface area contributed by atoms with Crippen LogP contribution in [0.5, 0.6) is 5.75 Å². The van der Waals surface area contributed by atoms with Crippen LogP contribution < -0.4 is 25.3 Å². The van der Waals surface area contributed by atoms with Gasteiger partial charge in [0.05, 0.1) is 33.6 Å². The highest BCUT2D eigenvalue weighted by atomic mass is 35.5. The molecule has 0 saturated carbocycles. The van der Waals surface area contributed by atoms with Crippen molar-refractivity contribution in [3.8, 4) is 5.75 Å². The smallest absolute Gasteiger partial charge is 0.413 e. The highest BCUT2D eigenvalue weighted by Gasteiger charge is 2.50. The van der Waals surface area contributed by atoms with Crippen molar-refractivity contribution in [3.63, 3.8) is 0 Å². The van der Waals surface area contributed by atoms with Crippen molar-refractivity contribution in [1.82, 2.24) is 19.7 Å². The largest absolute Gasteiger partial charge is 0.496 e. The monoisotopic (exact) mass is 714 g/mol. The molecule has 0 aliphatic rings. The van der Waals surface area contributed by atoms with Gasteiger partial charge in [-0.15, -0.1) is 11.6 Å². The Kier molecular flexibility index (Phi) is 12.2. The molecular formula is C38H47ClN6O4Si. The third-order valence-corrected chi connectivity index (χ3v) is 14.2. The SMILES string of the molecule is CCCCN(CCO[Si](c1ccccc1)(c1ccccc1)C(C)(C)C)c1nc(NC(=O)OC)nc2cn(Cc3ccc(CCl)cc3OC)nc12. The first-order valence-corrected chi connectivity index (χ1v) is 19.4. The molecule has 0 aliphatic carbocycles. The third-order valence-electron chi connectivity index (χ3n) is 8.81. The summed E-state index contributed by atoms with van der Waals surface area (Å²) in [4.78, 5) is 24.0. The summed E-state index contributed by atoms with van der Waals surface area (Å²) in [5.74, 6) is 1.87. The van der Waals surface area contributed by atoms with E-state index in [4.69, 9.17) is 35.6 Å². The molecule has 0 spiro atoms. The van der Waals surface area contributed by atoms with Crippen LogP contribution in [0.25, 0.3) is 11.0 Å². The number of hydrogen-bond acceptors (Lipinski definition) is 8. The highest BCUT2D eigenvalue weighted by Crippen LogP contribution is 2.37. The number of halogens is 1. The molecule has 0 fully saturated rings. The summed E-state index contributed by atoms with van der Waals surface area (Å²) in [5, 5.41) is 9.93. The average Bonchev–Trinajstić information content (AvgIpc) is 3.53. The molecule has 0 saturated heterocycles. The molecule has 5 aromatic rings. The van der Waals surface area contributed by atoms with Gasteiger partial charge in [0.25, 0.3) is 8.32 Å². The lowest BCUT2D eigenvalue weighted by atomic mass is 10.1. The summed E-state index contributed by atoms with van der Waals surface area (Å²) in [5.41, 5.74) is 3.13. The Morgan fingerprint density at radius 3 is 2.22 bits per heavy atom. The van der Waals surface area contributed by atoms with Gasteiger partial charge < -0.3 is 18.8 Å². The quantitative estimate of drug-likeness (QED) is 0.0915. The molecular weight excluding hydrogens is 668 g/mol. The number of ether oxygens (including phenoxy) is 2. The Morgan fingerprint density at radius 2 is 1.64 bits per heavy atom. The number of aromatic nitrogens is 4. The van der Waals surface area contributed by atoms with E-state index in [9.17, 15) is 4.79 Å². The van der Waals surface area contributed by atoms with E-state index in [0.717, 1.165) is 29.7 Å². The highest BCUT2D eigenvalue weighted by molar-refractivity contribution is 6.99. The number of nitrogens with zero attached hydrogens (tertiary/aromatic N) is 5. The summed E-state index contributed by atoms with van der Waals surface area (Å²) < 4.78 is 19.6. The Labute approximate surface area is 300 Å². The molecule has 12 heteroatoms. The Morgan fingerprint density at radius 1 is 0.960 bits per heavy atom. The second kappa shape index (κ2) is 16.5. The predicted octanol–water partition coefficient (Wildman–Crippen LogP) is 6.98. The Balaban J connectivity index is 1.54. The number of rotatable bonds is 15. The van der Waals surface area contributed by atoms with Crippen LogP contribution in [-0.4, -0.2) is 68.1 Å². The van der Waals surface area contributed by atoms with Crippen molar-refractivity contribution in [2.24, 2.45) is 0 Å². The van der Waals surface area contributed by atoms with Crippen LogP contribution in [0, 0.1) is 0 Å². The second-order valence-electron chi connectivity index (χ2n) is 13.2. The summed E-state index contributed by atoms with van der Waals surface area (Å²) in [6.45, 7) is 11.1. The fourth-order valence-electron chi connectivity index (χ4n) is 6.36. The maximum Gasteiger partial charge on any atom is 0.413 e. The van der Waals surface area contributed by atoms with Gasteiger partial charge in [-0.3, -0.25) is 10.00 Å². The van der Waals surface area contributed by atoms with Gasteiger partial charge >= 0.3 is 6.09 Å². The maximum atomic E-state index is 12.3. The average molecular weight is 715 g/mol. The Hall–Kier alpha value is -4.45. The molecule has 0 atom stereocenters. The number of hydrogen-bond donors (Lipinski definition) is 1. The van der Waals surface area contributed by atoms with E-state index < -0.39 is 14.4 Å². The van der Waals surface area contributed by atoms with Crippen LogP contribution in [0.15, 0.2) is 85.1 Å². The minimum atomic E-state index is -2.77. The topological polar surface area (TPSA) is 104 Å². The lowest BCUT2D eigenvalue weighted by Gasteiger charge is -2.43. The second-order valence-corrected chi connectivity index (χ2v) is 17.8. The molecule has 2 heterocycles. The van der Waals surface area contributed by atoms with E-state index in [1.54, 1.807) is 7.11 Å². The normalized spacial score (nSPS) is 11.8. The van der Waals surface area contributed by atoms with E-state index >= 15 is 0 Å². The number of methoxy groups -OCH3 is 2. The van der Waals surface area contributed by atoms with Crippen LogP contribution in [0.4, 0.5) is 16.6 Å². The van der Waals surface area contributed by atoms with Crippen LogP contribution in [0.2, 0.25) is 5.04 Å². The fourth-order valence-corrected chi connectivity index (χ4v) is 11.1. The molecule has 0 radical (unpaired) electrons. The maximum absolute atomic E-state index is 12.3. The Bertz CT molecular complexity index is 1830. The lowest BCUT2D eigenvalue weighted by Crippen LogP contribution is -2.67. The van der Waals surface area contributed by atoms with Gasteiger partial charge in [0.15, 0.2) is 11.3 Å². The molecule has 10 nitrogen and oxygen atoms in total. The third kappa shape index (κ3) is 8.12. The van der Waals surface area contributed by atoms with E-state index in [1.807, 2.05) is 41.2 Å². The van der Waals surface area contributed by atoms with Crippen LogP contribution in [-0.2, 0) is 21.6 Å². The molecule has 1 amide bonds. The van der Waals surface area contributed by atoms with Crippen molar-refractivity contribution < 1.29 is 18.7 Å². The van der Waals surface area contributed by atoms with Gasteiger partial charge in [-0.1, -0.05) is 107 Å². The summed E-state index contributed by atoms with van der Waals surface area (Å²) in [6.07, 6.45) is 3.12. The lowest BCUT2D eigenvalue weighted by molar-refractivity contribution is 0.186. The zero-order chi connectivity index (χ0) is 35.7. The zero-order valence-electron chi connectivity index (χ0n) is 29.8. The number of anilines is 2. The first-order chi connectivity index (χ1) is 24.1. The number of amides is 1. The van der Waals surface area contributed by atoms with Crippen molar-refractivity contribution in [1.29, 1.82) is 0 Å². The number of fused-ring (bicyclic) bond motifs is 1. The number of benzene rings is 3. The van der Waals surface area contributed by atoms with Crippen molar-refractivity contribution >= 4 is 59.2 Å². The number of carbonyl (C=O) groups excluding carboxylic acids is 1. The number of unbranched alkanes of at least 4 members (excludes halogenated alkanes) is 1. The molecule has 264 valence electrons. The summed E-state index contributed by atoms with van der Waals surface area (Å²) in [6, 6.07) is 27.2. The molecule has 3 aromatic carbocycles. The van der Waals surface area contributed by atoms with Crippen molar-refractivity contribution in [2.75, 3.05) is 44.1 Å². The standard InChI is InChI=1S/C38H47ClN6O4Si/c1-7-8-21-44(22-23-49-50(38(2,3)4,30-15-11-9-12-16-30)31-17-13-10-14-18-31)35-34-32(40-36(41-35)42-37(46)48-6)27-45(43-34)26-29-20-19-28(25-39)24-33(29)47-5/h9-20,24,27H,7-8,21-23,25-26H2,1-6H3,(H,40,42,46). The fraction of sp³-hybridized carbons (Fsp3) is 0.368. The van der Waals surface area contributed by atoms with Crippen LogP contribution in [0.1, 0.15) is 51.7 Å². The van der Waals surface area contributed by atoms with Gasteiger partial charge in [-0.25, -0.2) is 9.78 Å². The van der Waals surface area contributed by atoms with Gasteiger partial charge in [-0.2, -0.15) is 10.1 Å². The predicted molar refractivity (Wildman–Crippen MR) is 204 cm³/mol. The van der Waals surface area contributed by atoms with Gasteiger partial charge in [0.1, 0.15) is 11.3 Å². The van der Waals surface area contributed by atoms with Gasteiger partial charge in [-0.05, 0) is 33.5 Å². The molecule has 2 aromatic heterocycles. The number of alkyl halides is 1. The molecule has 5 rings (SSSR count). The molecule has 0 bridgehead atoms. The van der Waals surface area contributed by atoms with Crippen molar-refractivity contribution in [2.45, 2.75) is 58.0 Å². The van der Waals surface area contributed by atoms with Crippen molar-refractivity contribution in [3.05, 3.63) is 96.2 Å². The molecule has 50 heavy (non-hydrogen) atoms. The zero-order valence-corrected chi connectivity index (χ0v) is 31.5. The summed E-state index contributed by atoms with van der Waals surface area (Å²) >= 11 is 6.07. The minimum absolute atomic E-state index is 0.136. The molecule has 0 aliphatic heterocycles. The van der Waals surface area contributed by atoms with E-state index in [0.29, 0.717) is 49.0 Å². The minimum Gasteiger partial charge on any atom is -0.496 e.